The summed E-state index contributed by atoms with van der Waals surface area (Å²) in [5.74, 6) is 0. The van der Waals surface area contributed by atoms with Crippen molar-refractivity contribution in [3.8, 4) is 0 Å². The van der Waals surface area contributed by atoms with E-state index in [1.807, 2.05) is 0 Å². The molecule has 2 atom stereocenters. The van der Waals surface area contributed by atoms with E-state index in [0.717, 1.165) is 23.5 Å². The zero-order valence-corrected chi connectivity index (χ0v) is 13.6. The maximum Gasteiger partial charge on any atom is 0.0221 e. The summed E-state index contributed by atoms with van der Waals surface area (Å²) in [5.41, 5.74) is 1.40. The first-order valence-corrected chi connectivity index (χ1v) is 8.20. The number of rotatable bonds is 6. The molecule has 2 nitrogen and oxygen atoms in total. The van der Waals surface area contributed by atoms with Gasteiger partial charge in [0.1, 0.15) is 0 Å². The van der Waals surface area contributed by atoms with Crippen molar-refractivity contribution in [3.63, 3.8) is 0 Å². The first-order valence-electron chi connectivity index (χ1n) is 7.41. The molecular weight excluding hydrogens is 300 g/mol. The third-order valence-electron chi connectivity index (χ3n) is 4.06. The van der Waals surface area contributed by atoms with Crippen LogP contribution in [0, 0.1) is 0 Å². The van der Waals surface area contributed by atoms with Crippen LogP contribution in [0.3, 0.4) is 0 Å². The zero-order chi connectivity index (χ0) is 13.7. The van der Waals surface area contributed by atoms with Crippen molar-refractivity contribution in [2.24, 2.45) is 0 Å². The van der Waals surface area contributed by atoms with Gasteiger partial charge in [0.25, 0.3) is 0 Å². The van der Waals surface area contributed by atoms with Gasteiger partial charge in [-0.2, -0.15) is 0 Å². The average molecular weight is 325 g/mol. The third-order valence-corrected chi connectivity index (χ3v) is 4.59. The average Bonchev–Trinajstić information content (AvgIpc) is 2.86. The number of hydrogen-bond donors (Lipinski definition) is 1. The van der Waals surface area contributed by atoms with Gasteiger partial charge in [0.05, 0.1) is 0 Å². The maximum atomic E-state index is 3.70. The van der Waals surface area contributed by atoms with Crippen LogP contribution in [0.1, 0.15) is 32.3 Å². The van der Waals surface area contributed by atoms with Crippen molar-refractivity contribution in [3.05, 3.63) is 34.3 Å². The first-order chi connectivity index (χ1) is 9.19. The number of likely N-dealkylation sites (tertiary alicyclic amines) is 1. The number of nitrogens with one attached hydrogen (secondary N) is 1. The van der Waals surface area contributed by atoms with E-state index in [0.29, 0.717) is 6.04 Å². The van der Waals surface area contributed by atoms with Gasteiger partial charge in [0.15, 0.2) is 0 Å². The summed E-state index contributed by atoms with van der Waals surface area (Å²) in [5, 5.41) is 3.70. The topological polar surface area (TPSA) is 15.3 Å². The number of benzene rings is 1. The molecule has 0 saturated carbocycles. The van der Waals surface area contributed by atoms with Gasteiger partial charge >= 0.3 is 0 Å². The molecule has 1 fully saturated rings. The summed E-state index contributed by atoms with van der Waals surface area (Å²) in [6.07, 6.45) is 3.82. The van der Waals surface area contributed by atoms with Gasteiger partial charge in [0.2, 0.25) is 0 Å². The molecule has 2 rings (SSSR count). The number of halogens is 1. The molecule has 1 N–H and O–H groups in total. The Labute approximate surface area is 125 Å². The van der Waals surface area contributed by atoms with E-state index in [1.165, 1.54) is 31.5 Å². The quantitative estimate of drug-likeness (QED) is 0.862. The van der Waals surface area contributed by atoms with Gasteiger partial charge in [-0.3, -0.25) is 4.90 Å². The molecule has 1 aromatic rings. The molecule has 106 valence electrons. The molecule has 0 bridgehead atoms. The van der Waals surface area contributed by atoms with Gasteiger partial charge < -0.3 is 5.32 Å². The van der Waals surface area contributed by atoms with Gasteiger partial charge in [-0.15, -0.1) is 0 Å². The standard InChI is InChI=1S/C16H25BrN2/c1-3-19-10-4-5-16(19)12-18-13(2)11-14-6-8-15(17)9-7-14/h6-9,13,16,18H,3-5,10-12H2,1-2H3. The van der Waals surface area contributed by atoms with E-state index in [2.05, 4.69) is 64.3 Å². The molecule has 3 heteroatoms. The minimum Gasteiger partial charge on any atom is -0.312 e. The van der Waals surface area contributed by atoms with Gasteiger partial charge in [-0.05, 0) is 57.0 Å². The Kier molecular flexibility index (Phi) is 5.86. The molecular formula is C16H25BrN2. The highest BCUT2D eigenvalue weighted by atomic mass is 79.9. The second kappa shape index (κ2) is 7.41. The van der Waals surface area contributed by atoms with Gasteiger partial charge in [-0.1, -0.05) is 35.0 Å². The van der Waals surface area contributed by atoms with E-state index in [4.69, 9.17) is 0 Å². The molecule has 2 unspecified atom stereocenters. The highest BCUT2D eigenvalue weighted by Gasteiger charge is 2.22. The molecule has 1 aliphatic heterocycles. The summed E-state index contributed by atoms with van der Waals surface area (Å²) in [4.78, 5) is 2.60. The van der Waals surface area contributed by atoms with E-state index in [9.17, 15) is 0 Å². The van der Waals surface area contributed by atoms with Crippen molar-refractivity contribution < 1.29 is 0 Å². The van der Waals surface area contributed by atoms with Crippen molar-refractivity contribution >= 4 is 15.9 Å². The lowest BCUT2D eigenvalue weighted by molar-refractivity contribution is 0.255. The Bertz CT molecular complexity index is 377. The third kappa shape index (κ3) is 4.59. The summed E-state index contributed by atoms with van der Waals surface area (Å²) >= 11 is 3.48. The molecule has 1 aromatic carbocycles. The van der Waals surface area contributed by atoms with Crippen LogP contribution < -0.4 is 5.32 Å². The second-order valence-electron chi connectivity index (χ2n) is 5.56. The van der Waals surface area contributed by atoms with Crippen LogP contribution in [0.15, 0.2) is 28.7 Å². The highest BCUT2D eigenvalue weighted by molar-refractivity contribution is 9.10. The van der Waals surface area contributed by atoms with Crippen LogP contribution in [-0.4, -0.2) is 36.6 Å². The summed E-state index contributed by atoms with van der Waals surface area (Å²) in [7, 11) is 0. The van der Waals surface area contributed by atoms with Crippen LogP contribution in [0.5, 0.6) is 0 Å². The molecule has 1 aliphatic rings. The minimum atomic E-state index is 0.542. The molecule has 0 amide bonds. The smallest absolute Gasteiger partial charge is 0.0221 e. The number of likely N-dealkylation sites (N-methyl/N-ethyl adjacent to an activating group) is 1. The van der Waals surface area contributed by atoms with Crippen molar-refractivity contribution in [1.29, 1.82) is 0 Å². The zero-order valence-electron chi connectivity index (χ0n) is 12.0. The molecule has 0 radical (unpaired) electrons. The summed E-state index contributed by atoms with van der Waals surface area (Å²) in [6, 6.07) is 9.94. The second-order valence-corrected chi connectivity index (χ2v) is 6.48. The summed E-state index contributed by atoms with van der Waals surface area (Å²) in [6.45, 7) is 8.15. The number of nitrogens with zero attached hydrogens (tertiary/aromatic N) is 1. The van der Waals surface area contributed by atoms with Gasteiger partial charge in [0, 0.05) is 23.1 Å². The minimum absolute atomic E-state index is 0.542. The fraction of sp³-hybridized carbons (Fsp3) is 0.625. The van der Waals surface area contributed by atoms with Crippen LogP contribution in [0.25, 0.3) is 0 Å². The normalized spacial score (nSPS) is 21.7. The van der Waals surface area contributed by atoms with Crippen molar-refractivity contribution in [1.82, 2.24) is 10.2 Å². The lowest BCUT2D eigenvalue weighted by Gasteiger charge is -2.25. The Balaban J connectivity index is 1.75. The van der Waals surface area contributed by atoms with Crippen LogP contribution in [-0.2, 0) is 6.42 Å². The Hall–Kier alpha value is -0.380. The predicted molar refractivity (Wildman–Crippen MR) is 85.6 cm³/mol. The molecule has 0 aliphatic carbocycles. The molecule has 19 heavy (non-hydrogen) atoms. The Morgan fingerprint density at radius 2 is 2.11 bits per heavy atom. The van der Waals surface area contributed by atoms with E-state index >= 15 is 0 Å². The Morgan fingerprint density at radius 3 is 2.79 bits per heavy atom. The van der Waals surface area contributed by atoms with E-state index < -0.39 is 0 Å². The highest BCUT2D eigenvalue weighted by Crippen LogP contribution is 2.16. The SMILES string of the molecule is CCN1CCCC1CNC(C)Cc1ccc(Br)cc1. The van der Waals surface area contributed by atoms with E-state index in [-0.39, 0.29) is 0 Å². The molecule has 1 heterocycles. The largest absolute Gasteiger partial charge is 0.312 e. The van der Waals surface area contributed by atoms with Crippen LogP contribution in [0.2, 0.25) is 0 Å². The first kappa shape index (κ1) is 15.0. The lowest BCUT2D eigenvalue weighted by Crippen LogP contribution is -2.41. The fourth-order valence-electron chi connectivity index (χ4n) is 2.93. The molecule has 0 spiro atoms. The van der Waals surface area contributed by atoms with Crippen LogP contribution in [0.4, 0.5) is 0 Å². The number of hydrogen-bond acceptors (Lipinski definition) is 2. The van der Waals surface area contributed by atoms with E-state index in [1.54, 1.807) is 0 Å². The van der Waals surface area contributed by atoms with Gasteiger partial charge in [-0.25, -0.2) is 0 Å². The maximum absolute atomic E-state index is 3.70. The monoisotopic (exact) mass is 324 g/mol. The lowest BCUT2D eigenvalue weighted by atomic mass is 10.1. The van der Waals surface area contributed by atoms with Crippen LogP contribution >= 0.6 is 15.9 Å². The fourth-order valence-corrected chi connectivity index (χ4v) is 3.19. The summed E-state index contributed by atoms with van der Waals surface area (Å²) < 4.78 is 1.15. The Morgan fingerprint density at radius 1 is 1.37 bits per heavy atom. The van der Waals surface area contributed by atoms with Crippen molar-refractivity contribution in [2.45, 2.75) is 45.2 Å². The molecule has 1 saturated heterocycles. The molecule has 0 aromatic heterocycles. The predicted octanol–water partition coefficient (Wildman–Crippen LogP) is 3.45. The van der Waals surface area contributed by atoms with Crippen molar-refractivity contribution in [2.75, 3.05) is 19.6 Å².